The molecule has 0 radical (unpaired) electrons. The maximum atomic E-state index is 8.89. The highest BCUT2D eigenvalue weighted by Crippen LogP contribution is 2.33. The van der Waals surface area contributed by atoms with Gasteiger partial charge in [0.05, 0.1) is 18.9 Å². The zero-order valence-electron chi connectivity index (χ0n) is 9.91. The zero-order chi connectivity index (χ0) is 12.3. The van der Waals surface area contributed by atoms with E-state index in [-0.39, 0.29) is 6.04 Å². The first kappa shape index (κ1) is 12.7. The van der Waals surface area contributed by atoms with Crippen molar-refractivity contribution in [3.8, 4) is 11.8 Å². The number of methoxy groups -OCH3 is 1. The Kier molecular flexibility index (Phi) is 4.03. The van der Waals surface area contributed by atoms with Crippen molar-refractivity contribution in [1.29, 1.82) is 5.26 Å². The van der Waals surface area contributed by atoms with Crippen LogP contribution in [0, 0.1) is 18.3 Å². The normalized spacial score (nSPS) is 11.8. The topological polar surface area (TPSA) is 36.3 Å². The second-order valence-electron chi connectivity index (χ2n) is 3.69. The van der Waals surface area contributed by atoms with Crippen LogP contribution < -0.4 is 9.64 Å². The van der Waals surface area contributed by atoms with Gasteiger partial charge in [0.15, 0.2) is 0 Å². The molecule has 0 spiro atoms. The number of hydrogen-bond acceptors (Lipinski definition) is 3. The Morgan fingerprint density at radius 2 is 2.12 bits per heavy atom. The fourth-order valence-corrected chi connectivity index (χ4v) is 1.54. The Balaban J connectivity index is 3.22. The number of rotatable bonds is 3. The molecule has 0 aliphatic rings. The minimum Gasteiger partial charge on any atom is -0.495 e. The molecule has 86 valence electrons. The number of benzene rings is 1. The molecule has 0 aromatic heterocycles. The van der Waals surface area contributed by atoms with Crippen LogP contribution in [-0.4, -0.2) is 20.2 Å². The average molecular weight is 239 g/mol. The fraction of sp³-hybridized carbons (Fsp3) is 0.417. The number of nitriles is 1. The summed E-state index contributed by atoms with van der Waals surface area (Å²) in [4.78, 5) is 1.84. The Hall–Kier alpha value is -1.40. The van der Waals surface area contributed by atoms with Gasteiger partial charge >= 0.3 is 0 Å². The van der Waals surface area contributed by atoms with E-state index in [1.54, 1.807) is 7.11 Å². The summed E-state index contributed by atoms with van der Waals surface area (Å²) in [6.45, 7) is 3.75. The highest BCUT2D eigenvalue weighted by molar-refractivity contribution is 6.31. The second kappa shape index (κ2) is 5.09. The van der Waals surface area contributed by atoms with E-state index in [4.69, 9.17) is 21.6 Å². The van der Waals surface area contributed by atoms with Gasteiger partial charge in [0, 0.05) is 12.1 Å². The lowest BCUT2D eigenvalue weighted by Gasteiger charge is -2.24. The molecule has 0 heterocycles. The van der Waals surface area contributed by atoms with Crippen LogP contribution in [-0.2, 0) is 0 Å². The van der Waals surface area contributed by atoms with Gasteiger partial charge in [-0.25, -0.2) is 0 Å². The smallest absolute Gasteiger partial charge is 0.142 e. The van der Waals surface area contributed by atoms with Crippen LogP contribution in [0.3, 0.4) is 0 Å². The molecule has 0 saturated carbocycles. The molecule has 3 nitrogen and oxygen atoms in total. The van der Waals surface area contributed by atoms with Crippen molar-refractivity contribution in [2.45, 2.75) is 19.9 Å². The molecule has 1 unspecified atom stereocenters. The first-order valence-electron chi connectivity index (χ1n) is 4.97. The van der Waals surface area contributed by atoms with Crippen molar-refractivity contribution in [2.75, 3.05) is 19.1 Å². The van der Waals surface area contributed by atoms with Crippen LogP contribution >= 0.6 is 11.6 Å². The maximum absolute atomic E-state index is 8.89. The minimum absolute atomic E-state index is 0.229. The van der Waals surface area contributed by atoms with Gasteiger partial charge in [-0.3, -0.25) is 0 Å². The second-order valence-corrected chi connectivity index (χ2v) is 4.10. The third-order valence-corrected chi connectivity index (χ3v) is 3.02. The van der Waals surface area contributed by atoms with E-state index in [1.165, 1.54) is 0 Å². The quantitative estimate of drug-likeness (QED) is 0.812. The summed E-state index contributed by atoms with van der Waals surface area (Å²) in [5.41, 5.74) is 1.78. The Bertz CT molecular complexity index is 426. The van der Waals surface area contributed by atoms with Gasteiger partial charge < -0.3 is 9.64 Å². The SMILES string of the molecule is COc1cc(C)c(Cl)cc1N(C)C(C)C#N. The third-order valence-electron chi connectivity index (χ3n) is 2.61. The van der Waals surface area contributed by atoms with Crippen molar-refractivity contribution in [1.82, 2.24) is 0 Å². The molecule has 0 N–H and O–H groups in total. The van der Waals surface area contributed by atoms with Gasteiger partial charge in [-0.1, -0.05) is 11.6 Å². The zero-order valence-corrected chi connectivity index (χ0v) is 10.7. The molecule has 0 aliphatic heterocycles. The predicted octanol–water partition coefficient (Wildman–Crippen LogP) is 3.01. The lowest BCUT2D eigenvalue weighted by Crippen LogP contribution is -2.27. The van der Waals surface area contributed by atoms with Crippen molar-refractivity contribution in [2.24, 2.45) is 0 Å². The van der Waals surface area contributed by atoms with E-state index in [0.717, 1.165) is 17.0 Å². The summed E-state index contributed by atoms with van der Waals surface area (Å²) in [6.07, 6.45) is 0. The van der Waals surface area contributed by atoms with Crippen LogP contribution in [0.1, 0.15) is 12.5 Å². The van der Waals surface area contributed by atoms with Gasteiger partial charge in [0.25, 0.3) is 0 Å². The van der Waals surface area contributed by atoms with E-state index < -0.39 is 0 Å². The molecule has 0 fully saturated rings. The number of ether oxygens (including phenoxy) is 1. The van der Waals surface area contributed by atoms with Crippen LogP contribution in [0.5, 0.6) is 5.75 Å². The van der Waals surface area contributed by atoms with Gasteiger partial charge in [-0.05, 0) is 31.5 Å². The molecule has 0 aliphatic carbocycles. The van der Waals surface area contributed by atoms with E-state index in [0.29, 0.717) is 5.02 Å². The van der Waals surface area contributed by atoms with Crippen molar-refractivity contribution >= 4 is 17.3 Å². The lowest BCUT2D eigenvalue weighted by molar-refractivity contribution is 0.414. The van der Waals surface area contributed by atoms with Crippen LogP contribution in [0.4, 0.5) is 5.69 Å². The summed E-state index contributed by atoms with van der Waals surface area (Å²) in [5, 5.41) is 9.56. The molecule has 1 aromatic carbocycles. The van der Waals surface area contributed by atoms with E-state index in [1.807, 2.05) is 37.9 Å². The predicted molar refractivity (Wildman–Crippen MR) is 66.2 cm³/mol. The molecular formula is C12H15ClN2O. The van der Waals surface area contributed by atoms with Gasteiger partial charge in [0.1, 0.15) is 11.8 Å². The Labute approximate surface area is 101 Å². The first-order chi connectivity index (χ1) is 7.51. The molecule has 16 heavy (non-hydrogen) atoms. The minimum atomic E-state index is -0.229. The molecule has 1 aromatic rings. The molecule has 0 amide bonds. The Morgan fingerprint density at radius 1 is 1.50 bits per heavy atom. The number of halogens is 1. The number of nitrogens with zero attached hydrogens (tertiary/aromatic N) is 2. The highest BCUT2D eigenvalue weighted by atomic mass is 35.5. The van der Waals surface area contributed by atoms with Gasteiger partial charge in [0.2, 0.25) is 0 Å². The molecule has 0 saturated heterocycles. The fourth-order valence-electron chi connectivity index (χ4n) is 1.38. The van der Waals surface area contributed by atoms with Crippen molar-refractivity contribution in [3.05, 3.63) is 22.7 Å². The van der Waals surface area contributed by atoms with Gasteiger partial charge in [-0.15, -0.1) is 0 Å². The summed E-state index contributed by atoms with van der Waals surface area (Å²) in [5.74, 6) is 0.728. The summed E-state index contributed by atoms with van der Waals surface area (Å²) in [7, 11) is 3.45. The molecular weight excluding hydrogens is 224 g/mol. The summed E-state index contributed by atoms with van der Waals surface area (Å²) >= 11 is 6.07. The van der Waals surface area contributed by atoms with Crippen LogP contribution in [0.25, 0.3) is 0 Å². The monoisotopic (exact) mass is 238 g/mol. The molecule has 0 bridgehead atoms. The average Bonchev–Trinajstić information content (AvgIpc) is 2.30. The summed E-state index contributed by atoms with van der Waals surface area (Å²) < 4.78 is 5.29. The third kappa shape index (κ3) is 2.40. The Morgan fingerprint density at radius 3 is 2.62 bits per heavy atom. The van der Waals surface area contributed by atoms with E-state index in [9.17, 15) is 0 Å². The highest BCUT2D eigenvalue weighted by Gasteiger charge is 2.15. The summed E-state index contributed by atoms with van der Waals surface area (Å²) in [6, 6.07) is 5.64. The molecule has 1 rings (SSSR count). The standard InChI is InChI=1S/C12H15ClN2O/c1-8-5-12(16-4)11(6-10(8)13)15(3)9(2)7-14/h5-6,9H,1-4H3. The van der Waals surface area contributed by atoms with Crippen LogP contribution in [0.2, 0.25) is 5.02 Å². The molecule has 4 heteroatoms. The van der Waals surface area contributed by atoms with Crippen molar-refractivity contribution in [3.63, 3.8) is 0 Å². The lowest BCUT2D eigenvalue weighted by atomic mass is 10.1. The number of anilines is 1. The van der Waals surface area contributed by atoms with Crippen LogP contribution in [0.15, 0.2) is 12.1 Å². The number of hydrogen-bond donors (Lipinski definition) is 0. The van der Waals surface area contributed by atoms with Gasteiger partial charge in [-0.2, -0.15) is 5.26 Å². The maximum Gasteiger partial charge on any atom is 0.142 e. The van der Waals surface area contributed by atoms with E-state index >= 15 is 0 Å². The molecule has 1 atom stereocenters. The largest absolute Gasteiger partial charge is 0.495 e. The van der Waals surface area contributed by atoms with E-state index in [2.05, 4.69) is 6.07 Å². The van der Waals surface area contributed by atoms with Crippen molar-refractivity contribution < 1.29 is 4.74 Å². The first-order valence-corrected chi connectivity index (χ1v) is 5.35. The number of aryl methyl sites for hydroxylation is 1.